The molecule has 0 saturated heterocycles. The number of hydrogen-bond donors (Lipinski definition) is 0. The normalized spacial score (nSPS) is 18.2. The molecule has 1 aliphatic rings. The Morgan fingerprint density at radius 1 is 0.970 bits per heavy atom. The second-order valence-electron chi connectivity index (χ2n) is 9.53. The average Bonchev–Trinajstić information content (AvgIpc) is 3.24. The minimum absolute atomic E-state index is 0.0816. The maximum absolute atomic E-state index is 13.4. The molecule has 1 heterocycles. The lowest BCUT2D eigenvalue weighted by Gasteiger charge is -2.30. The maximum Gasteiger partial charge on any atom is 0.271 e. The Labute approximate surface area is 195 Å². The maximum atomic E-state index is 13.4. The summed E-state index contributed by atoms with van der Waals surface area (Å²) in [5.74, 6) is 1.06. The van der Waals surface area contributed by atoms with Crippen LogP contribution in [0.1, 0.15) is 67.1 Å². The van der Waals surface area contributed by atoms with Crippen LogP contribution < -0.4 is 0 Å². The number of nitrogens with zero attached hydrogens (tertiary/aromatic N) is 2. The van der Waals surface area contributed by atoms with Crippen molar-refractivity contribution in [1.29, 1.82) is 0 Å². The van der Waals surface area contributed by atoms with Crippen LogP contribution in [-0.2, 0) is 0 Å². The number of benzene rings is 3. The average molecular weight is 435 g/mol. The van der Waals surface area contributed by atoms with Crippen molar-refractivity contribution in [2.24, 2.45) is 5.92 Å². The van der Waals surface area contributed by atoms with E-state index >= 15 is 0 Å². The van der Waals surface area contributed by atoms with E-state index in [1.165, 1.54) is 16.3 Å². The van der Waals surface area contributed by atoms with Crippen LogP contribution in [0.3, 0.4) is 0 Å². The van der Waals surface area contributed by atoms with Crippen molar-refractivity contribution >= 4 is 22.8 Å². The van der Waals surface area contributed by atoms with Gasteiger partial charge in [0.2, 0.25) is 0 Å². The first kappa shape index (κ1) is 21.4. The molecule has 0 radical (unpaired) electrons. The number of allylic oxidation sites excluding steroid dienone is 1. The van der Waals surface area contributed by atoms with Crippen LogP contribution in [0.5, 0.6) is 0 Å². The van der Waals surface area contributed by atoms with Crippen molar-refractivity contribution in [3.63, 3.8) is 0 Å². The fourth-order valence-corrected chi connectivity index (χ4v) is 5.17. The minimum atomic E-state index is -0.0816. The lowest BCUT2D eigenvalue weighted by atomic mass is 9.75. The van der Waals surface area contributed by atoms with Crippen LogP contribution in [-0.4, -0.2) is 15.7 Å². The highest BCUT2D eigenvalue weighted by Crippen LogP contribution is 2.46. The Morgan fingerprint density at radius 2 is 1.70 bits per heavy atom. The molecule has 166 valence electrons. The molecular formula is C30H30N2O. The van der Waals surface area contributed by atoms with Crippen molar-refractivity contribution in [2.45, 2.75) is 45.4 Å². The van der Waals surface area contributed by atoms with Crippen LogP contribution >= 0.6 is 0 Å². The predicted molar refractivity (Wildman–Crippen MR) is 136 cm³/mol. The fraction of sp³-hybridized carbons (Fsp3) is 0.267. The predicted octanol–water partition coefficient (Wildman–Crippen LogP) is 7.69. The summed E-state index contributed by atoms with van der Waals surface area (Å²) in [6, 6.07) is 24.8. The van der Waals surface area contributed by atoms with Crippen LogP contribution in [0.15, 0.2) is 78.9 Å². The zero-order valence-electron chi connectivity index (χ0n) is 19.5. The lowest BCUT2D eigenvalue weighted by molar-refractivity contribution is 0.0947. The smallest absolute Gasteiger partial charge is 0.267 e. The van der Waals surface area contributed by atoms with Gasteiger partial charge in [0.1, 0.15) is 0 Å². The molecule has 0 bridgehead atoms. The Hall–Kier alpha value is -3.46. The van der Waals surface area contributed by atoms with Crippen LogP contribution in [0.4, 0.5) is 0 Å². The van der Waals surface area contributed by atoms with Gasteiger partial charge in [-0.3, -0.25) is 4.79 Å². The quantitative estimate of drug-likeness (QED) is 0.309. The SMILES string of the molecule is CC(C)[C@H]1CC[C@@H](C)c2c(-c3ccc4ccccc4c3)nn(C(=O)/C=C/c3ccccc3)c21. The van der Waals surface area contributed by atoms with Gasteiger partial charge in [-0.25, -0.2) is 4.68 Å². The summed E-state index contributed by atoms with van der Waals surface area (Å²) in [5.41, 5.74) is 5.40. The van der Waals surface area contributed by atoms with Gasteiger partial charge in [-0.15, -0.1) is 0 Å². The van der Waals surface area contributed by atoms with E-state index in [0.29, 0.717) is 17.8 Å². The summed E-state index contributed by atoms with van der Waals surface area (Å²) in [6.45, 7) is 6.78. The zero-order valence-corrected chi connectivity index (χ0v) is 19.5. The van der Waals surface area contributed by atoms with Crippen LogP contribution in [0, 0.1) is 5.92 Å². The number of carbonyl (C=O) groups excluding carboxylic acids is 1. The van der Waals surface area contributed by atoms with E-state index in [1.54, 1.807) is 10.8 Å². The number of hydrogen-bond acceptors (Lipinski definition) is 2. The fourth-order valence-electron chi connectivity index (χ4n) is 5.17. The summed E-state index contributed by atoms with van der Waals surface area (Å²) < 4.78 is 1.69. The van der Waals surface area contributed by atoms with E-state index in [-0.39, 0.29) is 5.91 Å². The van der Waals surface area contributed by atoms with E-state index in [2.05, 4.69) is 63.2 Å². The molecule has 0 aliphatic heterocycles. The molecular weight excluding hydrogens is 404 g/mol. The highest BCUT2D eigenvalue weighted by atomic mass is 16.2. The van der Waals surface area contributed by atoms with Crippen LogP contribution in [0.2, 0.25) is 0 Å². The first-order valence-corrected chi connectivity index (χ1v) is 11.9. The highest BCUT2D eigenvalue weighted by molar-refractivity contribution is 5.95. The van der Waals surface area contributed by atoms with E-state index in [1.807, 2.05) is 36.4 Å². The third-order valence-electron chi connectivity index (χ3n) is 6.97. The second-order valence-corrected chi connectivity index (χ2v) is 9.53. The standard InChI is InChI=1S/C30H30N2O/c1-20(2)26-17-13-21(3)28-29(25-16-15-23-11-7-8-12-24(23)19-25)31-32(30(26)28)27(33)18-14-22-9-5-4-6-10-22/h4-12,14-16,18-21,26H,13,17H2,1-3H3/b18-14+/t21-,26-/m1/s1. The monoisotopic (exact) mass is 434 g/mol. The molecule has 0 amide bonds. The molecule has 3 nitrogen and oxygen atoms in total. The molecule has 3 aromatic carbocycles. The van der Waals surface area contributed by atoms with Crippen LogP contribution in [0.25, 0.3) is 28.1 Å². The molecule has 5 rings (SSSR count). The topological polar surface area (TPSA) is 34.9 Å². The highest BCUT2D eigenvalue weighted by Gasteiger charge is 2.35. The van der Waals surface area contributed by atoms with E-state index in [4.69, 9.17) is 5.10 Å². The van der Waals surface area contributed by atoms with Gasteiger partial charge >= 0.3 is 0 Å². The first-order valence-electron chi connectivity index (χ1n) is 11.9. The van der Waals surface area contributed by atoms with Crippen molar-refractivity contribution in [3.8, 4) is 11.3 Å². The van der Waals surface area contributed by atoms with Gasteiger partial charge in [-0.1, -0.05) is 87.5 Å². The van der Waals surface area contributed by atoms with Gasteiger partial charge < -0.3 is 0 Å². The first-order chi connectivity index (χ1) is 16.0. The summed E-state index contributed by atoms with van der Waals surface area (Å²) in [6.07, 6.45) is 5.74. The molecule has 1 aliphatic carbocycles. The molecule has 2 atom stereocenters. The summed E-state index contributed by atoms with van der Waals surface area (Å²) >= 11 is 0. The van der Waals surface area contributed by atoms with Crippen molar-refractivity contribution < 1.29 is 4.79 Å². The molecule has 0 saturated carbocycles. The Bertz CT molecular complexity index is 1330. The number of fused-ring (bicyclic) bond motifs is 2. The molecule has 0 N–H and O–H groups in total. The zero-order chi connectivity index (χ0) is 22.9. The van der Waals surface area contributed by atoms with E-state index in [9.17, 15) is 4.79 Å². The van der Waals surface area contributed by atoms with Gasteiger partial charge in [0.25, 0.3) is 5.91 Å². The number of aromatic nitrogens is 2. The molecule has 4 aromatic rings. The van der Waals surface area contributed by atoms with Crippen molar-refractivity contribution in [2.75, 3.05) is 0 Å². The third-order valence-corrected chi connectivity index (χ3v) is 6.97. The lowest BCUT2D eigenvalue weighted by Crippen LogP contribution is -2.23. The minimum Gasteiger partial charge on any atom is -0.267 e. The van der Waals surface area contributed by atoms with Gasteiger partial charge in [0.05, 0.1) is 11.4 Å². The molecule has 0 unspecified atom stereocenters. The number of carbonyl (C=O) groups is 1. The van der Waals surface area contributed by atoms with Gasteiger partial charge in [0.15, 0.2) is 0 Å². The summed E-state index contributed by atoms with van der Waals surface area (Å²) in [4.78, 5) is 13.4. The number of rotatable bonds is 4. The van der Waals surface area contributed by atoms with Crippen molar-refractivity contribution in [3.05, 3.63) is 95.7 Å². The largest absolute Gasteiger partial charge is 0.271 e. The molecule has 0 fully saturated rings. The van der Waals surface area contributed by atoms with Gasteiger partial charge in [-0.2, -0.15) is 5.10 Å². The third kappa shape index (κ3) is 4.04. The second kappa shape index (κ2) is 8.82. The molecule has 3 heteroatoms. The molecule has 0 spiro atoms. The summed E-state index contributed by atoms with van der Waals surface area (Å²) in [5, 5.41) is 7.38. The molecule has 1 aromatic heterocycles. The van der Waals surface area contributed by atoms with E-state index in [0.717, 1.165) is 35.4 Å². The molecule has 33 heavy (non-hydrogen) atoms. The Kier molecular flexibility index (Phi) is 5.72. The Balaban J connectivity index is 1.65. The van der Waals surface area contributed by atoms with Gasteiger partial charge in [-0.05, 0) is 53.2 Å². The van der Waals surface area contributed by atoms with Gasteiger partial charge in [0, 0.05) is 23.1 Å². The van der Waals surface area contributed by atoms with E-state index < -0.39 is 0 Å². The Morgan fingerprint density at radius 3 is 2.45 bits per heavy atom. The van der Waals surface area contributed by atoms with Crippen molar-refractivity contribution in [1.82, 2.24) is 9.78 Å². The summed E-state index contributed by atoms with van der Waals surface area (Å²) in [7, 11) is 0.